The third-order valence-electron chi connectivity index (χ3n) is 2.49. The molecule has 98 valence electrons. The number of aromatic nitrogens is 2. The molecule has 7 nitrogen and oxygen atoms in total. The zero-order chi connectivity index (χ0) is 13.7. The van der Waals surface area contributed by atoms with Gasteiger partial charge in [-0.15, -0.1) is 0 Å². The number of hydrogen-bond acceptors (Lipinski definition) is 6. The number of methoxy groups -OCH3 is 1. The van der Waals surface area contributed by atoms with Crippen LogP contribution in [-0.4, -0.2) is 22.2 Å². The predicted octanol–water partition coefficient (Wildman–Crippen LogP) is 2.01. The molecule has 0 aliphatic carbocycles. The Balaban J connectivity index is 2.20. The molecule has 0 radical (unpaired) electrons. The molecule has 0 saturated carbocycles. The van der Waals surface area contributed by atoms with E-state index in [1.54, 1.807) is 30.5 Å². The van der Waals surface area contributed by atoms with Gasteiger partial charge < -0.3 is 10.1 Å². The molecule has 1 aromatic heterocycles. The summed E-state index contributed by atoms with van der Waals surface area (Å²) >= 11 is 0. The topological polar surface area (TPSA) is 90.2 Å². The highest BCUT2D eigenvalue weighted by Crippen LogP contribution is 2.28. The molecule has 0 spiro atoms. The first kappa shape index (κ1) is 12.7. The molecular weight excluding hydrogens is 248 g/mol. The van der Waals surface area contributed by atoms with Crippen molar-refractivity contribution in [3.05, 3.63) is 52.3 Å². The van der Waals surface area contributed by atoms with Crippen LogP contribution in [0.3, 0.4) is 0 Å². The van der Waals surface area contributed by atoms with E-state index in [9.17, 15) is 10.1 Å². The summed E-state index contributed by atoms with van der Waals surface area (Å²) in [5.41, 5.74) is 1.07. The van der Waals surface area contributed by atoms with Crippen molar-refractivity contribution in [1.82, 2.24) is 10.2 Å². The van der Waals surface area contributed by atoms with E-state index in [1.807, 2.05) is 0 Å². The number of nitrogens with zero attached hydrogens (tertiary/aromatic N) is 3. The molecule has 0 aliphatic rings. The van der Waals surface area contributed by atoms with Crippen LogP contribution in [0.25, 0.3) is 0 Å². The van der Waals surface area contributed by atoms with Crippen LogP contribution in [0.1, 0.15) is 5.69 Å². The Hall–Kier alpha value is -2.70. The van der Waals surface area contributed by atoms with Gasteiger partial charge in [0.05, 0.1) is 24.3 Å². The average molecular weight is 260 g/mol. The second kappa shape index (κ2) is 5.76. The summed E-state index contributed by atoms with van der Waals surface area (Å²) in [5, 5.41) is 21.5. The van der Waals surface area contributed by atoms with Gasteiger partial charge in [-0.25, -0.2) is 0 Å². The number of nitrogens with one attached hydrogen (secondary N) is 1. The van der Waals surface area contributed by atoms with Crippen molar-refractivity contribution in [3.63, 3.8) is 0 Å². The second-order valence-corrected chi connectivity index (χ2v) is 3.71. The lowest BCUT2D eigenvalue weighted by atomic mass is 10.2. The Morgan fingerprint density at radius 2 is 2.26 bits per heavy atom. The number of nitro groups is 1. The zero-order valence-electron chi connectivity index (χ0n) is 10.2. The van der Waals surface area contributed by atoms with E-state index in [4.69, 9.17) is 4.74 Å². The SMILES string of the molecule is COc1ccc([N+](=O)[O-])c(NCc2cccnn2)c1. The van der Waals surface area contributed by atoms with Crippen LogP contribution in [0, 0.1) is 10.1 Å². The molecule has 0 bridgehead atoms. The molecular formula is C12H12N4O3. The molecule has 1 heterocycles. The molecule has 2 rings (SSSR count). The second-order valence-electron chi connectivity index (χ2n) is 3.71. The first-order chi connectivity index (χ1) is 9.20. The van der Waals surface area contributed by atoms with Gasteiger partial charge in [0, 0.05) is 18.3 Å². The molecule has 0 aliphatic heterocycles. The Bertz CT molecular complexity index is 574. The predicted molar refractivity (Wildman–Crippen MR) is 69.0 cm³/mol. The lowest BCUT2D eigenvalue weighted by molar-refractivity contribution is -0.384. The minimum absolute atomic E-state index is 0.00955. The summed E-state index contributed by atoms with van der Waals surface area (Å²) in [6.45, 7) is 0.349. The first-order valence-corrected chi connectivity index (χ1v) is 5.53. The van der Waals surface area contributed by atoms with Crippen molar-refractivity contribution in [3.8, 4) is 5.75 Å². The molecule has 7 heteroatoms. The molecule has 0 fully saturated rings. The third-order valence-corrected chi connectivity index (χ3v) is 2.49. The van der Waals surface area contributed by atoms with E-state index in [0.29, 0.717) is 23.7 Å². The quantitative estimate of drug-likeness (QED) is 0.653. The molecule has 1 aromatic carbocycles. The molecule has 2 aromatic rings. The van der Waals surface area contributed by atoms with Crippen molar-refractivity contribution in [2.45, 2.75) is 6.54 Å². The van der Waals surface area contributed by atoms with Gasteiger partial charge >= 0.3 is 0 Å². The number of hydrogen-bond donors (Lipinski definition) is 1. The van der Waals surface area contributed by atoms with Crippen LogP contribution in [-0.2, 0) is 6.54 Å². The normalized spacial score (nSPS) is 9.95. The van der Waals surface area contributed by atoms with Gasteiger partial charge in [-0.3, -0.25) is 10.1 Å². The van der Waals surface area contributed by atoms with Crippen LogP contribution in [0.5, 0.6) is 5.75 Å². The maximum atomic E-state index is 10.9. The average Bonchev–Trinajstić information content (AvgIpc) is 2.45. The highest BCUT2D eigenvalue weighted by Gasteiger charge is 2.14. The van der Waals surface area contributed by atoms with Crippen molar-refractivity contribution in [2.24, 2.45) is 0 Å². The minimum Gasteiger partial charge on any atom is -0.497 e. The van der Waals surface area contributed by atoms with Gasteiger partial charge in [0.25, 0.3) is 5.69 Å². The molecule has 0 amide bonds. The van der Waals surface area contributed by atoms with Crippen molar-refractivity contribution >= 4 is 11.4 Å². The van der Waals surface area contributed by atoms with Crippen LogP contribution < -0.4 is 10.1 Å². The Kier molecular flexibility index (Phi) is 3.87. The van der Waals surface area contributed by atoms with Crippen LogP contribution >= 0.6 is 0 Å². The maximum absolute atomic E-state index is 10.9. The lowest BCUT2D eigenvalue weighted by Gasteiger charge is -2.08. The maximum Gasteiger partial charge on any atom is 0.292 e. The van der Waals surface area contributed by atoms with Crippen LogP contribution in [0.2, 0.25) is 0 Å². The van der Waals surface area contributed by atoms with E-state index < -0.39 is 4.92 Å². The number of rotatable bonds is 5. The van der Waals surface area contributed by atoms with Crippen molar-refractivity contribution in [2.75, 3.05) is 12.4 Å². The van der Waals surface area contributed by atoms with Crippen LogP contribution in [0.15, 0.2) is 36.5 Å². The fourth-order valence-electron chi connectivity index (χ4n) is 1.56. The standard InChI is InChI=1S/C12H12N4O3/c1-19-10-4-5-12(16(17)18)11(7-10)13-8-9-3-2-6-14-15-9/h2-7,13H,8H2,1H3. The van der Waals surface area contributed by atoms with Gasteiger partial charge in [0.1, 0.15) is 11.4 Å². The lowest BCUT2D eigenvalue weighted by Crippen LogP contribution is -2.04. The summed E-state index contributed by atoms with van der Waals surface area (Å²) in [6.07, 6.45) is 1.57. The summed E-state index contributed by atoms with van der Waals surface area (Å²) in [6, 6.07) is 8.06. The molecule has 0 unspecified atom stereocenters. The van der Waals surface area contributed by atoms with E-state index in [1.165, 1.54) is 13.2 Å². The van der Waals surface area contributed by atoms with E-state index in [-0.39, 0.29) is 5.69 Å². The largest absolute Gasteiger partial charge is 0.497 e. The first-order valence-electron chi connectivity index (χ1n) is 5.53. The highest BCUT2D eigenvalue weighted by atomic mass is 16.6. The molecule has 0 atom stereocenters. The zero-order valence-corrected chi connectivity index (χ0v) is 10.2. The van der Waals surface area contributed by atoms with E-state index >= 15 is 0 Å². The summed E-state index contributed by atoms with van der Waals surface area (Å²) in [5.74, 6) is 0.548. The van der Waals surface area contributed by atoms with Gasteiger partial charge in [-0.1, -0.05) is 0 Å². The van der Waals surface area contributed by atoms with Gasteiger partial charge in [-0.05, 0) is 18.2 Å². The van der Waals surface area contributed by atoms with E-state index in [0.717, 1.165) is 0 Å². The van der Waals surface area contributed by atoms with Gasteiger partial charge in [0.2, 0.25) is 0 Å². The summed E-state index contributed by atoms with van der Waals surface area (Å²) in [4.78, 5) is 10.5. The Labute approximate surface area is 109 Å². The molecule has 0 saturated heterocycles. The monoisotopic (exact) mass is 260 g/mol. The third kappa shape index (κ3) is 3.15. The number of ether oxygens (including phenoxy) is 1. The fraction of sp³-hybridized carbons (Fsp3) is 0.167. The van der Waals surface area contributed by atoms with E-state index in [2.05, 4.69) is 15.5 Å². The Morgan fingerprint density at radius 1 is 1.42 bits per heavy atom. The molecule has 1 N–H and O–H groups in total. The van der Waals surface area contributed by atoms with Gasteiger partial charge in [-0.2, -0.15) is 10.2 Å². The van der Waals surface area contributed by atoms with Gasteiger partial charge in [0.15, 0.2) is 0 Å². The highest BCUT2D eigenvalue weighted by molar-refractivity contribution is 5.64. The minimum atomic E-state index is -0.446. The fourth-order valence-corrected chi connectivity index (χ4v) is 1.56. The number of nitro benzene ring substituents is 1. The van der Waals surface area contributed by atoms with Crippen molar-refractivity contribution in [1.29, 1.82) is 0 Å². The smallest absolute Gasteiger partial charge is 0.292 e. The van der Waals surface area contributed by atoms with Crippen LogP contribution in [0.4, 0.5) is 11.4 Å². The Morgan fingerprint density at radius 3 is 2.89 bits per heavy atom. The van der Waals surface area contributed by atoms with Crippen molar-refractivity contribution < 1.29 is 9.66 Å². The number of benzene rings is 1. The summed E-state index contributed by atoms with van der Waals surface area (Å²) < 4.78 is 5.05. The molecule has 19 heavy (non-hydrogen) atoms. The number of anilines is 1. The summed E-state index contributed by atoms with van der Waals surface area (Å²) in [7, 11) is 1.51.